The molecule has 5 nitrogen and oxygen atoms in total. The van der Waals surface area contributed by atoms with Gasteiger partial charge in [-0.25, -0.2) is 0 Å². The summed E-state index contributed by atoms with van der Waals surface area (Å²) in [5.41, 5.74) is 5.66. The number of rotatable bonds is 4. The van der Waals surface area contributed by atoms with Gasteiger partial charge in [-0.15, -0.1) is 0 Å². The maximum absolute atomic E-state index is 13.0. The molecule has 0 N–H and O–H groups in total. The summed E-state index contributed by atoms with van der Waals surface area (Å²) in [5.74, 6) is 8.03. The highest BCUT2D eigenvalue weighted by Crippen LogP contribution is 2.49. The summed E-state index contributed by atoms with van der Waals surface area (Å²) in [6.45, 7) is 7.05. The van der Waals surface area contributed by atoms with Gasteiger partial charge in [0.2, 0.25) is 0 Å². The van der Waals surface area contributed by atoms with Gasteiger partial charge in [-0.1, -0.05) is 31.8 Å². The van der Waals surface area contributed by atoms with E-state index in [0.717, 1.165) is 36.1 Å². The van der Waals surface area contributed by atoms with Crippen molar-refractivity contribution >= 4 is 0 Å². The second-order valence-corrected chi connectivity index (χ2v) is 8.96. The van der Waals surface area contributed by atoms with Gasteiger partial charge in [0.15, 0.2) is 0 Å². The van der Waals surface area contributed by atoms with Gasteiger partial charge >= 0.3 is 0 Å². The van der Waals surface area contributed by atoms with Crippen LogP contribution in [0, 0.1) is 17.8 Å². The normalized spacial score (nSPS) is 19.9. The fourth-order valence-corrected chi connectivity index (χ4v) is 4.42. The Morgan fingerprint density at radius 2 is 2.10 bits per heavy atom. The molecular weight excluding hydrogens is 390 g/mol. The largest absolute Gasteiger partial charge is 0.490 e. The van der Waals surface area contributed by atoms with E-state index in [1.807, 2.05) is 4.57 Å². The summed E-state index contributed by atoms with van der Waals surface area (Å²) in [5, 5.41) is 0. The summed E-state index contributed by atoms with van der Waals surface area (Å²) < 4.78 is 19.3. The molecule has 1 saturated carbocycles. The van der Waals surface area contributed by atoms with E-state index >= 15 is 0 Å². The van der Waals surface area contributed by atoms with Gasteiger partial charge in [0.1, 0.15) is 18.5 Å². The topological polar surface area (TPSA) is 49.7 Å². The monoisotopic (exact) mass is 419 g/mol. The molecule has 5 rings (SSSR count). The van der Waals surface area contributed by atoms with Crippen LogP contribution in [0.4, 0.5) is 0 Å². The minimum Gasteiger partial charge on any atom is -0.490 e. The molecule has 5 heteroatoms. The molecule has 1 aromatic carbocycles. The lowest BCUT2D eigenvalue weighted by Gasteiger charge is -2.27. The number of hydrogen-bond acceptors (Lipinski definition) is 4. The predicted molar refractivity (Wildman–Crippen MR) is 120 cm³/mol. The highest BCUT2D eigenvalue weighted by molar-refractivity contribution is 5.73. The Bertz CT molecular complexity index is 1090. The van der Waals surface area contributed by atoms with Gasteiger partial charge in [-0.3, -0.25) is 4.79 Å². The van der Waals surface area contributed by atoms with E-state index in [0.29, 0.717) is 50.6 Å². The number of aryl methyl sites for hydroxylation is 1. The first-order valence-corrected chi connectivity index (χ1v) is 11.3. The van der Waals surface area contributed by atoms with Crippen LogP contribution >= 0.6 is 0 Å². The molecule has 3 heterocycles. The van der Waals surface area contributed by atoms with Gasteiger partial charge in [0.05, 0.1) is 25.5 Å². The zero-order chi connectivity index (χ0) is 21.4. The van der Waals surface area contributed by atoms with E-state index in [9.17, 15) is 4.79 Å². The van der Waals surface area contributed by atoms with Crippen molar-refractivity contribution in [1.29, 1.82) is 0 Å². The number of ether oxygens (including phenoxy) is 3. The maximum atomic E-state index is 13.0. The number of benzene rings is 1. The van der Waals surface area contributed by atoms with Crippen LogP contribution < -0.4 is 10.3 Å². The lowest BCUT2D eigenvalue weighted by atomic mass is 9.91. The van der Waals surface area contributed by atoms with Crippen molar-refractivity contribution in [3.05, 3.63) is 51.3 Å². The Balaban J connectivity index is 1.53. The number of nitrogens with zero attached hydrogens (tertiary/aromatic N) is 1. The van der Waals surface area contributed by atoms with E-state index < -0.39 is 0 Å². The average Bonchev–Trinajstić information content (AvgIpc) is 3.61. The second kappa shape index (κ2) is 8.53. The summed E-state index contributed by atoms with van der Waals surface area (Å²) in [4.78, 5) is 13.0. The predicted octanol–water partition coefficient (Wildman–Crippen LogP) is 3.75. The zero-order valence-corrected chi connectivity index (χ0v) is 18.3. The Labute approximate surface area is 183 Å². The molecule has 2 fully saturated rings. The van der Waals surface area contributed by atoms with Crippen molar-refractivity contribution in [2.24, 2.45) is 5.92 Å². The number of aromatic nitrogens is 1. The first-order valence-electron chi connectivity index (χ1n) is 11.3. The third-order valence-electron chi connectivity index (χ3n) is 6.08. The van der Waals surface area contributed by atoms with Crippen molar-refractivity contribution in [3.63, 3.8) is 0 Å². The Kier molecular flexibility index (Phi) is 5.60. The van der Waals surface area contributed by atoms with Crippen molar-refractivity contribution in [3.8, 4) is 28.8 Å². The van der Waals surface area contributed by atoms with Crippen molar-refractivity contribution < 1.29 is 14.2 Å². The quantitative estimate of drug-likeness (QED) is 0.709. The molecule has 1 aliphatic carbocycles. The third kappa shape index (κ3) is 4.28. The van der Waals surface area contributed by atoms with Crippen LogP contribution in [0.5, 0.6) is 5.75 Å². The molecule has 0 spiro atoms. The van der Waals surface area contributed by atoms with Gasteiger partial charge in [0.25, 0.3) is 5.56 Å². The van der Waals surface area contributed by atoms with Crippen LogP contribution in [0.25, 0.3) is 11.3 Å². The van der Waals surface area contributed by atoms with Gasteiger partial charge in [-0.2, -0.15) is 0 Å². The van der Waals surface area contributed by atoms with Crippen LogP contribution in [0.2, 0.25) is 0 Å². The van der Waals surface area contributed by atoms with Crippen molar-refractivity contribution in [1.82, 2.24) is 4.57 Å². The molecule has 2 aromatic rings. The van der Waals surface area contributed by atoms with Gasteiger partial charge in [-0.05, 0) is 42.9 Å². The van der Waals surface area contributed by atoms with E-state index in [-0.39, 0.29) is 11.7 Å². The molecule has 1 aromatic heterocycles. The fraction of sp³-hybridized carbons (Fsp3) is 0.500. The summed E-state index contributed by atoms with van der Waals surface area (Å²) >= 11 is 0. The number of fused-ring (bicyclic) bond motifs is 3. The van der Waals surface area contributed by atoms with Gasteiger partial charge < -0.3 is 18.8 Å². The smallest absolute Gasteiger partial charge is 0.254 e. The minimum atomic E-state index is -0.0889. The Morgan fingerprint density at radius 1 is 1.23 bits per heavy atom. The minimum absolute atomic E-state index is 0.00420. The summed E-state index contributed by atoms with van der Waals surface area (Å²) in [6, 6.07) is 8.08. The summed E-state index contributed by atoms with van der Waals surface area (Å²) in [7, 11) is 0. The Hall–Kier alpha value is -2.55. The molecule has 3 aliphatic rings. The first kappa shape index (κ1) is 20.4. The number of hydrogen-bond donors (Lipinski definition) is 0. The molecule has 31 heavy (non-hydrogen) atoms. The van der Waals surface area contributed by atoms with Crippen LogP contribution in [0.3, 0.4) is 0 Å². The molecule has 0 unspecified atom stereocenters. The molecule has 1 saturated heterocycles. The van der Waals surface area contributed by atoms with E-state index in [1.165, 1.54) is 11.1 Å². The molecule has 2 aliphatic heterocycles. The Morgan fingerprint density at radius 3 is 2.84 bits per heavy atom. The van der Waals surface area contributed by atoms with Crippen LogP contribution in [0.1, 0.15) is 49.3 Å². The van der Waals surface area contributed by atoms with E-state index in [1.54, 1.807) is 6.07 Å². The standard InChI is InChI=1S/C26H29NO4/c1-17(2)3-4-18-5-8-22-20(13-18)9-10-27-24(28)14-23(25(26(22)27)19-6-7-19)31-16-21-15-29-11-12-30-21/h5,8,13-14,17,19,21H,6-7,9-12,15-16H2,1-2H3/t21-/m0/s1. The van der Waals surface area contributed by atoms with Crippen molar-refractivity contribution in [2.45, 2.75) is 51.7 Å². The van der Waals surface area contributed by atoms with E-state index in [2.05, 4.69) is 43.9 Å². The number of pyridine rings is 1. The lowest BCUT2D eigenvalue weighted by Crippen LogP contribution is -2.34. The van der Waals surface area contributed by atoms with Crippen LogP contribution in [-0.4, -0.2) is 37.1 Å². The summed E-state index contributed by atoms with van der Waals surface area (Å²) in [6.07, 6.45) is 3.03. The third-order valence-corrected chi connectivity index (χ3v) is 6.08. The second-order valence-electron chi connectivity index (χ2n) is 8.96. The molecule has 1 atom stereocenters. The highest BCUT2D eigenvalue weighted by atomic mass is 16.6. The average molecular weight is 420 g/mol. The highest BCUT2D eigenvalue weighted by Gasteiger charge is 2.34. The lowest BCUT2D eigenvalue weighted by molar-refractivity contribution is -0.101. The van der Waals surface area contributed by atoms with Crippen molar-refractivity contribution in [2.75, 3.05) is 26.4 Å². The molecule has 0 amide bonds. The molecule has 162 valence electrons. The zero-order valence-electron chi connectivity index (χ0n) is 18.3. The van der Waals surface area contributed by atoms with Crippen LogP contribution in [-0.2, 0) is 22.4 Å². The van der Waals surface area contributed by atoms with Gasteiger partial charge in [0, 0.05) is 35.2 Å². The molecule has 0 radical (unpaired) electrons. The fourth-order valence-electron chi connectivity index (χ4n) is 4.42. The SMILES string of the molecule is CC(C)C#Cc1ccc2c(c1)CCn1c-2c(C2CC2)c(OC[C@@H]2COCCO2)cc1=O. The van der Waals surface area contributed by atoms with Crippen LogP contribution in [0.15, 0.2) is 29.1 Å². The molecular formula is C26H29NO4. The maximum Gasteiger partial charge on any atom is 0.254 e. The van der Waals surface area contributed by atoms with E-state index in [4.69, 9.17) is 14.2 Å². The first-order chi connectivity index (χ1) is 15.1. The molecule has 0 bridgehead atoms.